The third kappa shape index (κ3) is 2.22. The highest BCUT2D eigenvalue weighted by atomic mass is 16.3. The van der Waals surface area contributed by atoms with Crippen LogP contribution in [0, 0.1) is 5.92 Å². The molecule has 0 amide bonds. The molecule has 0 rings (SSSR count). The van der Waals surface area contributed by atoms with Crippen molar-refractivity contribution in [2.45, 2.75) is 12.5 Å². The van der Waals surface area contributed by atoms with E-state index in [1.165, 1.54) is 6.92 Å². The van der Waals surface area contributed by atoms with Crippen molar-refractivity contribution in [3.8, 4) is 0 Å². The van der Waals surface area contributed by atoms with Gasteiger partial charge in [0.15, 0.2) is 0 Å². The van der Waals surface area contributed by atoms with Gasteiger partial charge in [0.2, 0.25) is 0 Å². The normalized spacial score (nSPS) is 17.4. The summed E-state index contributed by atoms with van der Waals surface area (Å²) < 4.78 is 0. The maximum atomic E-state index is 9.21. The van der Waals surface area contributed by atoms with Gasteiger partial charge < -0.3 is 20.4 Å². The van der Waals surface area contributed by atoms with Crippen molar-refractivity contribution in [3.05, 3.63) is 0 Å². The summed E-state index contributed by atoms with van der Waals surface area (Å²) in [6, 6.07) is 0. The second kappa shape index (κ2) is 3.88. The molecule has 4 heteroatoms. The van der Waals surface area contributed by atoms with Gasteiger partial charge in [0.25, 0.3) is 0 Å². The number of hydrogen-bond acceptors (Lipinski definition) is 4. The zero-order chi connectivity index (χ0) is 8.20. The van der Waals surface area contributed by atoms with E-state index in [1.807, 2.05) is 0 Å². The van der Waals surface area contributed by atoms with Crippen LogP contribution >= 0.6 is 0 Å². The molecule has 0 aromatic heterocycles. The second-order valence-electron chi connectivity index (χ2n) is 2.58. The lowest BCUT2D eigenvalue weighted by Gasteiger charge is -2.27. The molecule has 0 bridgehead atoms. The highest BCUT2D eigenvalue weighted by molar-refractivity contribution is 4.79. The van der Waals surface area contributed by atoms with Crippen molar-refractivity contribution >= 4 is 0 Å². The van der Waals surface area contributed by atoms with E-state index in [0.717, 1.165) is 0 Å². The first-order valence-corrected chi connectivity index (χ1v) is 3.13. The Hall–Kier alpha value is -0.160. The fraction of sp³-hybridized carbons (Fsp3) is 1.00. The molecule has 0 radical (unpaired) electrons. The summed E-state index contributed by atoms with van der Waals surface area (Å²) >= 11 is 0. The summed E-state index contributed by atoms with van der Waals surface area (Å²) in [4.78, 5) is 0. The van der Waals surface area contributed by atoms with Crippen LogP contribution in [0.5, 0.6) is 0 Å². The lowest BCUT2D eigenvalue weighted by molar-refractivity contribution is -0.0788. The molecule has 0 fully saturated rings. The van der Waals surface area contributed by atoms with Crippen LogP contribution < -0.4 is 0 Å². The molecule has 0 aliphatic heterocycles. The van der Waals surface area contributed by atoms with Crippen LogP contribution in [-0.2, 0) is 0 Å². The van der Waals surface area contributed by atoms with E-state index < -0.39 is 18.1 Å². The SMILES string of the molecule is CC(O)(CO)C(CO)CO. The zero-order valence-corrected chi connectivity index (χ0v) is 5.99. The predicted octanol–water partition coefficient (Wildman–Crippen LogP) is -1.67. The van der Waals surface area contributed by atoms with Gasteiger partial charge in [-0.25, -0.2) is 0 Å². The van der Waals surface area contributed by atoms with Gasteiger partial charge in [-0.1, -0.05) is 0 Å². The molecule has 0 spiro atoms. The Morgan fingerprint density at radius 2 is 1.60 bits per heavy atom. The van der Waals surface area contributed by atoms with E-state index >= 15 is 0 Å². The van der Waals surface area contributed by atoms with Gasteiger partial charge in [0.05, 0.1) is 25.4 Å². The Balaban J connectivity index is 3.97. The highest BCUT2D eigenvalue weighted by Crippen LogP contribution is 2.14. The minimum absolute atomic E-state index is 0.329. The summed E-state index contributed by atoms with van der Waals surface area (Å²) in [5.74, 6) is -0.669. The fourth-order valence-corrected chi connectivity index (χ4v) is 0.580. The van der Waals surface area contributed by atoms with Gasteiger partial charge >= 0.3 is 0 Å². The van der Waals surface area contributed by atoms with Crippen LogP contribution in [0.1, 0.15) is 6.92 Å². The van der Waals surface area contributed by atoms with Gasteiger partial charge in [0, 0.05) is 5.92 Å². The molecule has 0 aliphatic rings. The Kier molecular flexibility index (Phi) is 3.81. The van der Waals surface area contributed by atoms with Crippen LogP contribution in [0.4, 0.5) is 0 Å². The molecule has 0 aromatic rings. The molecule has 0 saturated carbocycles. The largest absolute Gasteiger partial charge is 0.396 e. The topological polar surface area (TPSA) is 80.9 Å². The molecule has 0 aromatic carbocycles. The van der Waals surface area contributed by atoms with Gasteiger partial charge in [0.1, 0.15) is 0 Å². The Morgan fingerprint density at radius 3 is 1.70 bits per heavy atom. The van der Waals surface area contributed by atoms with Crippen molar-refractivity contribution in [1.29, 1.82) is 0 Å². The Labute approximate surface area is 59.7 Å². The molecular weight excluding hydrogens is 136 g/mol. The van der Waals surface area contributed by atoms with Crippen LogP contribution in [0.2, 0.25) is 0 Å². The average molecular weight is 150 g/mol. The maximum Gasteiger partial charge on any atom is 0.0921 e. The van der Waals surface area contributed by atoms with Gasteiger partial charge in [-0.05, 0) is 6.92 Å². The van der Waals surface area contributed by atoms with Crippen LogP contribution in [0.25, 0.3) is 0 Å². The predicted molar refractivity (Wildman–Crippen MR) is 35.4 cm³/mol. The molecule has 0 saturated heterocycles. The van der Waals surface area contributed by atoms with E-state index in [4.69, 9.17) is 15.3 Å². The van der Waals surface area contributed by atoms with E-state index in [2.05, 4.69) is 0 Å². The number of hydrogen-bond donors (Lipinski definition) is 4. The van der Waals surface area contributed by atoms with E-state index in [1.54, 1.807) is 0 Å². The molecule has 1 atom stereocenters. The summed E-state index contributed by atoms with van der Waals surface area (Å²) in [6.07, 6.45) is 0. The minimum atomic E-state index is -1.39. The quantitative estimate of drug-likeness (QED) is 0.386. The summed E-state index contributed by atoms with van der Waals surface area (Å²) in [5.41, 5.74) is -1.39. The molecule has 62 valence electrons. The number of aliphatic hydroxyl groups excluding tert-OH is 3. The maximum absolute atomic E-state index is 9.21. The first-order valence-electron chi connectivity index (χ1n) is 3.13. The number of rotatable bonds is 4. The van der Waals surface area contributed by atoms with Crippen molar-refractivity contribution < 1.29 is 20.4 Å². The lowest BCUT2D eigenvalue weighted by Crippen LogP contribution is -2.42. The standard InChI is InChI=1S/C6H14O4/c1-6(10,4-9)5(2-7)3-8/h5,7-10H,2-4H2,1H3. The van der Waals surface area contributed by atoms with Gasteiger partial charge in [-0.15, -0.1) is 0 Å². The summed E-state index contributed by atoms with van der Waals surface area (Å²) in [5, 5.41) is 34.9. The molecule has 0 heterocycles. The molecule has 10 heavy (non-hydrogen) atoms. The summed E-state index contributed by atoms with van der Waals surface area (Å²) in [6.45, 7) is 0.247. The Bertz CT molecular complexity index is 87.7. The van der Waals surface area contributed by atoms with Gasteiger partial charge in [-0.3, -0.25) is 0 Å². The summed E-state index contributed by atoms with van der Waals surface area (Å²) in [7, 11) is 0. The highest BCUT2D eigenvalue weighted by Gasteiger charge is 2.29. The zero-order valence-electron chi connectivity index (χ0n) is 5.99. The second-order valence-corrected chi connectivity index (χ2v) is 2.58. The molecule has 4 nitrogen and oxygen atoms in total. The Morgan fingerprint density at radius 1 is 1.20 bits per heavy atom. The molecule has 1 unspecified atom stereocenters. The monoisotopic (exact) mass is 150 g/mol. The first kappa shape index (κ1) is 9.84. The van der Waals surface area contributed by atoms with E-state index in [-0.39, 0.29) is 13.2 Å². The molecule has 4 N–H and O–H groups in total. The van der Waals surface area contributed by atoms with Crippen LogP contribution in [0.15, 0.2) is 0 Å². The minimum Gasteiger partial charge on any atom is -0.396 e. The smallest absolute Gasteiger partial charge is 0.0921 e. The first-order chi connectivity index (χ1) is 4.58. The van der Waals surface area contributed by atoms with E-state index in [0.29, 0.717) is 0 Å². The van der Waals surface area contributed by atoms with E-state index in [9.17, 15) is 5.11 Å². The third-order valence-corrected chi connectivity index (χ3v) is 1.64. The van der Waals surface area contributed by atoms with Gasteiger partial charge in [-0.2, -0.15) is 0 Å². The van der Waals surface area contributed by atoms with Crippen molar-refractivity contribution in [3.63, 3.8) is 0 Å². The average Bonchev–Trinajstić information content (AvgIpc) is 1.90. The molecule has 0 aliphatic carbocycles. The fourth-order valence-electron chi connectivity index (χ4n) is 0.580. The van der Waals surface area contributed by atoms with Crippen molar-refractivity contribution in [2.75, 3.05) is 19.8 Å². The van der Waals surface area contributed by atoms with Crippen LogP contribution in [-0.4, -0.2) is 45.8 Å². The molecular formula is C6H14O4. The third-order valence-electron chi connectivity index (χ3n) is 1.64. The van der Waals surface area contributed by atoms with Crippen molar-refractivity contribution in [1.82, 2.24) is 0 Å². The van der Waals surface area contributed by atoms with Crippen LogP contribution in [0.3, 0.4) is 0 Å². The van der Waals surface area contributed by atoms with Crippen molar-refractivity contribution in [2.24, 2.45) is 5.92 Å². The lowest BCUT2D eigenvalue weighted by atomic mass is 9.91. The number of aliphatic hydroxyl groups is 4.